The largest absolute Gasteiger partial charge is 0.503 e. The van der Waals surface area contributed by atoms with Crippen LogP contribution in [0.25, 0.3) is 5.69 Å². The molecule has 0 spiro atoms. The van der Waals surface area contributed by atoms with Gasteiger partial charge in [0, 0.05) is 22.6 Å². The summed E-state index contributed by atoms with van der Waals surface area (Å²) >= 11 is 12.1. The van der Waals surface area contributed by atoms with Gasteiger partial charge in [0.25, 0.3) is 5.56 Å². The third-order valence-corrected chi connectivity index (χ3v) is 4.38. The molecule has 27 heavy (non-hydrogen) atoms. The summed E-state index contributed by atoms with van der Waals surface area (Å²) in [5, 5.41) is 15.4. The fourth-order valence-corrected chi connectivity index (χ4v) is 2.79. The Labute approximate surface area is 167 Å². The van der Waals surface area contributed by atoms with E-state index in [2.05, 4.69) is 5.10 Å². The van der Waals surface area contributed by atoms with E-state index in [9.17, 15) is 14.7 Å². The summed E-state index contributed by atoms with van der Waals surface area (Å²) in [5.41, 5.74) is -1.54. The molecular formula is C18H21Cl2N3O4. The Morgan fingerprint density at radius 1 is 1.26 bits per heavy atom. The topological polar surface area (TPSA) is 84.7 Å². The third-order valence-electron chi connectivity index (χ3n) is 3.94. The van der Waals surface area contributed by atoms with E-state index in [0.717, 1.165) is 4.68 Å². The summed E-state index contributed by atoms with van der Waals surface area (Å²) in [6, 6.07) is 4.47. The van der Waals surface area contributed by atoms with Crippen LogP contribution < -0.4 is 10.5 Å². The zero-order valence-electron chi connectivity index (χ0n) is 15.7. The molecule has 2 rings (SSSR count). The molecule has 0 aliphatic heterocycles. The normalized spacial score (nSPS) is 11.4. The van der Waals surface area contributed by atoms with Gasteiger partial charge in [-0.3, -0.25) is 4.79 Å². The molecule has 0 saturated heterocycles. The van der Waals surface area contributed by atoms with Crippen LogP contribution in [0.2, 0.25) is 10.0 Å². The van der Waals surface area contributed by atoms with Crippen LogP contribution in [0.1, 0.15) is 38.1 Å². The Morgan fingerprint density at radius 3 is 2.30 bits per heavy atom. The first-order valence-electron chi connectivity index (χ1n) is 8.21. The zero-order chi connectivity index (χ0) is 20.5. The number of hydrogen-bond donors (Lipinski definition) is 1. The van der Waals surface area contributed by atoms with Crippen LogP contribution >= 0.6 is 23.2 Å². The molecule has 1 aromatic heterocycles. The fraction of sp³-hybridized carbons (Fsp3) is 0.389. The first kappa shape index (κ1) is 21.1. The Hall–Kier alpha value is -2.25. The maximum Gasteiger partial charge on any atom is 0.347 e. The zero-order valence-corrected chi connectivity index (χ0v) is 17.2. The quantitative estimate of drug-likeness (QED) is 0.769. The lowest BCUT2D eigenvalue weighted by Gasteiger charge is -2.33. The first-order chi connectivity index (χ1) is 12.5. The second kappa shape index (κ2) is 7.78. The van der Waals surface area contributed by atoms with E-state index in [4.69, 9.17) is 27.9 Å². The van der Waals surface area contributed by atoms with Crippen LogP contribution in [0.4, 0.5) is 5.82 Å². The molecule has 0 fully saturated rings. The minimum atomic E-state index is -0.937. The summed E-state index contributed by atoms with van der Waals surface area (Å²) in [7, 11) is 1.69. The van der Waals surface area contributed by atoms with E-state index < -0.39 is 28.4 Å². The van der Waals surface area contributed by atoms with Crippen molar-refractivity contribution in [1.29, 1.82) is 0 Å². The minimum absolute atomic E-state index is 0.0428. The monoisotopic (exact) mass is 413 g/mol. The molecule has 0 saturated carbocycles. The van der Waals surface area contributed by atoms with Crippen molar-refractivity contribution in [2.24, 2.45) is 0 Å². The molecule has 0 bridgehead atoms. The summed E-state index contributed by atoms with van der Waals surface area (Å²) in [5.74, 6) is -1.44. The Bertz CT molecular complexity index is 915. The average Bonchev–Trinajstić information content (AvgIpc) is 2.53. The van der Waals surface area contributed by atoms with Gasteiger partial charge in [0.1, 0.15) is 0 Å². The van der Waals surface area contributed by atoms with E-state index in [1.807, 2.05) is 20.8 Å². The highest BCUT2D eigenvalue weighted by atomic mass is 35.5. The highest BCUT2D eigenvalue weighted by Crippen LogP contribution is 2.31. The predicted molar refractivity (Wildman–Crippen MR) is 106 cm³/mol. The van der Waals surface area contributed by atoms with E-state index in [-0.39, 0.29) is 18.1 Å². The smallest absolute Gasteiger partial charge is 0.347 e. The van der Waals surface area contributed by atoms with Crippen LogP contribution in [0.3, 0.4) is 0 Å². The molecule has 1 aromatic carbocycles. The van der Waals surface area contributed by atoms with Crippen LogP contribution in [-0.2, 0) is 4.74 Å². The van der Waals surface area contributed by atoms with Gasteiger partial charge < -0.3 is 14.7 Å². The summed E-state index contributed by atoms with van der Waals surface area (Å²) in [6.45, 7) is 7.33. The van der Waals surface area contributed by atoms with Crippen molar-refractivity contribution in [3.05, 3.63) is 44.2 Å². The molecule has 1 N–H and O–H groups in total. The van der Waals surface area contributed by atoms with Crippen molar-refractivity contribution in [3.8, 4) is 11.4 Å². The predicted octanol–water partition coefficient (Wildman–Crippen LogP) is 3.66. The Kier molecular flexibility index (Phi) is 6.07. The van der Waals surface area contributed by atoms with Gasteiger partial charge in [-0.05, 0) is 45.9 Å². The summed E-state index contributed by atoms with van der Waals surface area (Å²) in [6.07, 6.45) is 0. The van der Waals surface area contributed by atoms with Crippen molar-refractivity contribution in [1.82, 2.24) is 9.78 Å². The summed E-state index contributed by atoms with van der Waals surface area (Å²) < 4.78 is 5.91. The lowest BCUT2D eigenvalue weighted by atomic mass is 10.1. The van der Waals surface area contributed by atoms with Gasteiger partial charge in [-0.15, -0.1) is 5.10 Å². The van der Waals surface area contributed by atoms with E-state index >= 15 is 0 Å². The van der Waals surface area contributed by atoms with Crippen molar-refractivity contribution in [2.75, 3.05) is 18.6 Å². The van der Waals surface area contributed by atoms with Crippen LogP contribution in [0.5, 0.6) is 5.75 Å². The molecule has 0 amide bonds. The van der Waals surface area contributed by atoms with Crippen molar-refractivity contribution < 1.29 is 14.6 Å². The second-order valence-electron chi connectivity index (χ2n) is 6.84. The number of rotatable bonds is 4. The Balaban J connectivity index is 2.86. The van der Waals surface area contributed by atoms with Gasteiger partial charge in [-0.25, -0.2) is 4.79 Å². The van der Waals surface area contributed by atoms with Crippen molar-refractivity contribution in [2.45, 2.75) is 33.2 Å². The number of carbonyl (C=O) groups excluding carboxylic acids is 1. The number of anilines is 1. The first-order valence-corrected chi connectivity index (χ1v) is 8.96. The molecule has 1 heterocycles. The van der Waals surface area contributed by atoms with Gasteiger partial charge in [-0.1, -0.05) is 23.2 Å². The van der Waals surface area contributed by atoms with Gasteiger partial charge >= 0.3 is 5.97 Å². The molecular weight excluding hydrogens is 393 g/mol. The van der Waals surface area contributed by atoms with Gasteiger partial charge in [0.2, 0.25) is 0 Å². The van der Waals surface area contributed by atoms with E-state index in [1.54, 1.807) is 18.9 Å². The number of benzene rings is 1. The van der Waals surface area contributed by atoms with Gasteiger partial charge in [0.05, 0.1) is 12.3 Å². The number of aromatic nitrogens is 2. The van der Waals surface area contributed by atoms with Crippen LogP contribution in [-0.4, -0.2) is 40.0 Å². The number of esters is 1. The Morgan fingerprint density at radius 2 is 1.81 bits per heavy atom. The molecule has 2 aromatic rings. The number of ether oxygens (including phenoxy) is 1. The number of carbonyl (C=O) groups is 1. The van der Waals surface area contributed by atoms with Gasteiger partial charge in [0.15, 0.2) is 17.1 Å². The number of aromatic hydroxyl groups is 1. The minimum Gasteiger partial charge on any atom is -0.503 e. The molecule has 0 aliphatic rings. The molecule has 0 aliphatic carbocycles. The van der Waals surface area contributed by atoms with Crippen molar-refractivity contribution >= 4 is 35.0 Å². The molecule has 0 unspecified atom stereocenters. The highest BCUT2D eigenvalue weighted by molar-refractivity contribution is 6.34. The summed E-state index contributed by atoms with van der Waals surface area (Å²) in [4.78, 5) is 26.9. The molecule has 0 radical (unpaired) electrons. The maximum absolute atomic E-state index is 12.9. The highest BCUT2D eigenvalue weighted by Gasteiger charge is 2.30. The number of hydrogen-bond acceptors (Lipinski definition) is 6. The van der Waals surface area contributed by atoms with Gasteiger partial charge in [-0.2, -0.15) is 4.68 Å². The number of nitrogens with zero attached hydrogens (tertiary/aromatic N) is 3. The lowest BCUT2D eigenvalue weighted by molar-refractivity contribution is 0.0520. The van der Waals surface area contributed by atoms with E-state index in [0.29, 0.717) is 10.0 Å². The van der Waals surface area contributed by atoms with E-state index in [1.165, 1.54) is 18.2 Å². The van der Waals surface area contributed by atoms with Crippen LogP contribution in [0, 0.1) is 0 Å². The molecule has 0 atom stereocenters. The van der Waals surface area contributed by atoms with Crippen molar-refractivity contribution in [3.63, 3.8) is 0 Å². The molecule has 146 valence electrons. The fourth-order valence-electron chi connectivity index (χ4n) is 2.27. The standard InChI is InChI=1S/C18H21Cl2N3O4/c1-6-27-17(26)13-14(24)15(22(5)18(2,3)4)21-23(16(13)25)12-8-10(19)7-11(20)9-12/h7-9,24H,6H2,1-5H3. The third kappa shape index (κ3) is 4.36. The number of halogens is 2. The molecule has 9 heteroatoms. The SMILES string of the molecule is CCOC(=O)c1c(O)c(N(C)C(C)(C)C)nn(-c2cc(Cl)cc(Cl)c2)c1=O. The molecule has 7 nitrogen and oxygen atoms in total. The second-order valence-corrected chi connectivity index (χ2v) is 7.71. The maximum atomic E-state index is 12.9. The van der Waals surface area contributed by atoms with Crippen LogP contribution in [0.15, 0.2) is 23.0 Å². The average molecular weight is 414 g/mol. The lowest BCUT2D eigenvalue weighted by Crippen LogP contribution is -2.41.